The van der Waals surface area contributed by atoms with E-state index in [1.54, 1.807) is 0 Å². The molecule has 0 bridgehead atoms. The minimum absolute atomic E-state index is 0.0575. The first kappa shape index (κ1) is 14.3. The number of amides is 2. The maximum atomic E-state index is 12.1. The van der Waals surface area contributed by atoms with Gasteiger partial charge in [0, 0.05) is 30.1 Å². The molecule has 4 heteroatoms. The smallest absolute Gasteiger partial charge is 0.317 e. The van der Waals surface area contributed by atoms with Crippen LogP contribution >= 0.6 is 11.8 Å². The van der Waals surface area contributed by atoms with E-state index in [4.69, 9.17) is 0 Å². The number of carbonyl (C=O) groups excluding carboxylic acids is 1. The van der Waals surface area contributed by atoms with Gasteiger partial charge < -0.3 is 10.2 Å². The fourth-order valence-electron chi connectivity index (χ4n) is 2.11. The van der Waals surface area contributed by atoms with Crippen LogP contribution in [0.25, 0.3) is 0 Å². The molecule has 1 heterocycles. The highest BCUT2D eigenvalue weighted by molar-refractivity contribution is 8.00. The molecule has 0 radical (unpaired) electrons. The molecule has 0 saturated carbocycles. The Hall–Kier alpha value is -1.16. The number of hydrogen-bond acceptors (Lipinski definition) is 2. The number of hydrogen-bond donors (Lipinski definition) is 1. The molecule has 2 rings (SSSR count). The summed E-state index contributed by atoms with van der Waals surface area (Å²) in [4.78, 5) is 14.1. The monoisotopic (exact) mass is 278 g/mol. The lowest BCUT2D eigenvalue weighted by molar-refractivity contribution is 0.200. The van der Waals surface area contributed by atoms with Crippen molar-refractivity contribution >= 4 is 17.8 Å². The first-order valence-corrected chi connectivity index (χ1v) is 7.76. The van der Waals surface area contributed by atoms with Crippen LogP contribution in [0.15, 0.2) is 30.3 Å². The molecule has 0 unspecified atom stereocenters. The Morgan fingerprint density at radius 3 is 2.79 bits per heavy atom. The molecule has 0 atom stereocenters. The van der Waals surface area contributed by atoms with Crippen molar-refractivity contribution in [2.24, 2.45) is 0 Å². The average Bonchev–Trinajstić information content (AvgIpc) is 2.58. The van der Waals surface area contributed by atoms with Gasteiger partial charge in [0.2, 0.25) is 0 Å². The van der Waals surface area contributed by atoms with Crippen molar-refractivity contribution in [2.45, 2.75) is 31.6 Å². The molecule has 1 N–H and O–H groups in total. The van der Waals surface area contributed by atoms with E-state index < -0.39 is 0 Å². The molecule has 1 aliphatic rings. The van der Waals surface area contributed by atoms with Gasteiger partial charge in [0.05, 0.1) is 0 Å². The molecule has 19 heavy (non-hydrogen) atoms. The predicted octanol–water partition coefficient (Wildman–Crippen LogP) is 3.11. The molecule has 104 valence electrons. The predicted molar refractivity (Wildman–Crippen MR) is 81.4 cm³/mol. The van der Waals surface area contributed by atoms with Crippen LogP contribution in [0.2, 0.25) is 0 Å². The van der Waals surface area contributed by atoms with Gasteiger partial charge in [-0.05, 0) is 12.0 Å². The summed E-state index contributed by atoms with van der Waals surface area (Å²) in [7, 11) is 0. The van der Waals surface area contributed by atoms with Crippen molar-refractivity contribution in [3.8, 4) is 0 Å². The summed E-state index contributed by atoms with van der Waals surface area (Å²) in [5.74, 6) is 1.02. The van der Waals surface area contributed by atoms with E-state index in [2.05, 4.69) is 19.2 Å². The van der Waals surface area contributed by atoms with E-state index in [1.807, 2.05) is 47.0 Å². The second kappa shape index (κ2) is 6.33. The van der Waals surface area contributed by atoms with Gasteiger partial charge in [-0.2, -0.15) is 11.8 Å². The van der Waals surface area contributed by atoms with Crippen molar-refractivity contribution in [3.05, 3.63) is 35.9 Å². The molecule has 1 aromatic carbocycles. The molecule has 1 fully saturated rings. The van der Waals surface area contributed by atoms with E-state index in [0.717, 1.165) is 30.8 Å². The van der Waals surface area contributed by atoms with Gasteiger partial charge in [0.15, 0.2) is 0 Å². The second-order valence-electron chi connectivity index (χ2n) is 5.49. The Morgan fingerprint density at radius 1 is 1.32 bits per heavy atom. The van der Waals surface area contributed by atoms with Gasteiger partial charge >= 0.3 is 6.03 Å². The van der Waals surface area contributed by atoms with Crippen LogP contribution in [0.5, 0.6) is 0 Å². The van der Waals surface area contributed by atoms with Crippen LogP contribution in [0.1, 0.15) is 25.8 Å². The van der Waals surface area contributed by atoms with Crippen LogP contribution in [-0.2, 0) is 6.54 Å². The zero-order valence-electron chi connectivity index (χ0n) is 11.7. The molecule has 1 aliphatic heterocycles. The van der Waals surface area contributed by atoms with E-state index in [-0.39, 0.29) is 10.8 Å². The normalized spacial score (nSPS) is 18.7. The molecule has 2 amide bonds. The third-order valence-corrected chi connectivity index (χ3v) is 4.78. The lowest BCUT2D eigenvalue weighted by Crippen LogP contribution is -2.41. The van der Waals surface area contributed by atoms with Crippen LogP contribution in [0.3, 0.4) is 0 Å². The lowest BCUT2D eigenvalue weighted by Gasteiger charge is -2.23. The topological polar surface area (TPSA) is 32.3 Å². The van der Waals surface area contributed by atoms with Gasteiger partial charge in [-0.25, -0.2) is 4.79 Å². The molecule has 0 aromatic heterocycles. The molecule has 1 saturated heterocycles. The zero-order valence-corrected chi connectivity index (χ0v) is 12.5. The average molecular weight is 278 g/mol. The Labute approximate surface area is 119 Å². The SMILES string of the molecule is CC1(C)CCN(C(=O)NCc2ccccc2)CCS1. The van der Waals surface area contributed by atoms with Gasteiger partial charge in [-0.15, -0.1) is 0 Å². The summed E-state index contributed by atoms with van der Waals surface area (Å²) in [5, 5.41) is 3.00. The number of nitrogens with one attached hydrogen (secondary N) is 1. The fraction of sp³-hybridized carbons (Fsp3) is 0.533. The van der Waals surface area contributed by atoms with Gasteiger partial charge in [0.25, 0.3) is 0 Å². The van der Waals surface area contributed by atoms with Crippen molar-refractivity contribution in [3.63, 3.8) is 0 Å². The van der Waals surface area contributed by atoms with Crippen LogP contribution in [-0.4, -0.2) is 34.5 Å². The Kier molecular flexibility index (Phi) is 4.75. The number of benzene rings is 1. The van der Waals surface area contributed by atoms with Crippen LogP contribution in [0.4, 0.5) is 4.79 Å². The fourth-order valence-corrected chi connectivity index (χ4v) is 3.21. The molecule has 1 aromatic rings. The summed E-state index contributed by atoms with van der Waals surface area (Å²) in [5.41, 5.74) is 1.14. The van der Waals surface area contributed by atoms with Crippen molar-refractivity contribution < 1.29 is 4.79 Å². The Morgan fingerprint density at radius 2 is 2.05 bits per heavy atom. The molecular formula is C15H22N2OS. The highest BCUT2D eigenvalue weighted by Gasteiger charge is 2.25. The molecule has 0 aliphatic carbocycles. The number of urea groups is 1. The number of carbonyl (C=O) groups is 1. The van der Waals surface area contributed by atoms with Crippen molar-refractivity contribution in [1.82, 2.24) is 10.2 Å². The first-order valence-electron chi connectivity index (χ1n) is 6.77. The second-order valence-corrected chi connectivity index (χ2v) is 7.29. The largest absolute Gasteiger partial charge is 0.334 e. The standard InChI is InChI=1S/C15H22N2OS/c1-15(2)8-9-17(10-11-19-15)14(18)16-12-13-6-4-3-5-7-13/h3-7H,8-12H2,1-2H3,(H,16,18). The quantitative estimate of drug-likeness (QED) is 0.901. The molecular weight excluding hydrogens is 256 g/mol. The third-order valence-electron chi connectivity index (χ3n) is 3.41. The van der Waals surface area contributed by atoms with E-state index in [1.165, 1.54) is 0 Å². The summed E-state index contributed by atoms with van der Waals surface area (Å²) in [6, 6.07) is 10.1. The van der Waals surface area contributed by atoms with Gasteiger partial charge in [0.1, 0.15) is 0 Å². The highest BCUT2D eigenvalue weighted by Crippen LogP contribution is 2.30. The van der Waals surface area contributed by atoms with Gasteiger partial charge in [-0.3, -0.25) is 0 Å². The minimum Gasteiger partial charge on any atom is -0.334 e. The Bertz CT molecular complexity index is 419. The van der Waals surface area contributed by atoms with E-state index >= 15 is 0 Å². The molecule has 3 nitrogen and oxygen atoms in total. The Balaban J connectivity index is 1.83. The zero-order chi connectivity index (χ0) is 13.7. The summed E-state index contributed by atoms with van der Waals surface area (Å²) in [6.45, 7) is 6.80. The highest BCUT2D eigenvalue weighted by atomic mass is 32.2. The summed E-state index contributed by atoms with van der Waals surface area (Å²) >= 11 is 1.96. The molecule has 0 spiro atoms. The minimum atomic E-state index is 0.0575. The van der Waals surface area contributed by atoms with Crippen LogP contribution in [0, 0.1) is 0 Å². The maximum Gasteiger partial charge on any atom is 0.317 e. The maximum absolute atomic E-state index is 12.1. The van der Waals surface area contributed by atoms with E-state index in [9.17, 15) is 4.79 Å². The van der Waals surface area contributed by atoms with E-state index in [0.29, 0.717) is 6.54 Å². The number of thioether (sulfide) groups is 1. The summed E-state index contributed by atoms with van der Waals surface area (Å²) in [6.07, 6.45) is 1.05. The third kappa shape index (κ3) is 4.46. The summed E-state index contributed by atoms with van der Waals surface area (Å²) < 4.78 is 0.286. The number of rotatable bonds is 2. The number of nitrogens with zero attached hydrogens (tertiary/aromatic N) is 1. The van der Waals surface area contributed by atoms with Crippen molar-refractivity contribution in [1.29, 1.82) is 0 Å². The van der Waals surface area contributed by atoms with Gasteiger partial charge in [-0.1, -0.05) is 44.2 Å². The van der Waals surface area contributed by atoms with Crippen molar-refractivity contribution in [2.75, 3.05) is 18.8 Å². The first-order chi connectivity index (χ1) is 9.07. The van der Waals surface area contributed by atoms with Crippen LogP contribution < -0.4 is 5.32 Å². The lowest BCUT2D eigenvalue weighted by atomic mass is 10.1.